The van der Waals surface area contributed by atoms with Crippen LogP contribution in [0.4, 0.5) is 5.82 Å². The molecule has 0 spiro atoms. The summed E-state index contributed by atoms with van der Waals surface area (Å²) in [5, 5.41) is 6.06. The average Bonchev–Trinajstić information content (AvgIpc) is 3.01. The first-order valence-electron chi connectivity index (χ1n) is 8.55. The molecule has 1 unspecified atom stereocenters. The van der Waals surface area contributed by atoms with Gasteiger partial charge in [-0.25, -0.2) is 4.68 Å². The van der Waals surface area contributed by atoms with Crippen LogP contribution in [-0.4, -0.2) is 40.6 Å². The van der Waals surface area contributed by atoms with Gasteiger partial charge in [-0.05, 0) is 37.1 Å². The first kappa shape index (κ1) is 15.1. The van der Waals surface area contributed by atoms with E-state index < -0.39 is 0 Å². The van der Waals surface area contributed by atoms with Crippen molar-refractivity contribution in [3.63, 3.8) is 0 Å². The summed E-state index contributed by atoms with van der Waals surface area (Å²) >= 11 is 0. The molecule has 0 aliphatic carbocycles. The van der Waals surface area contributed by atoms with Crippen molar-refractivity contribution in [2.75, 3.05) is 24.6 Å². The molecule has 4 rings (SSSR count). The highest BCUT2D eigenvalue weighted by molar-refractivity contribution is 5.91. The second-order valence-corrected chi connectivity index (χ2v) is 6.28. The molecule has 1 aliphatic heterocycles. The predicted molar refractivity (Wildman–Crippen MR) is 95.9 cm³/mol. The lowest BCUT2D eigenvalue weighted by atomic mass is 10.1. The van der Waals surface area contributed by atoms with Crippen LogP contribution >= 0.6 is 0 Å². The average molecular weight is 322 g/mol. The molecule has 3 heterocycles. The molecule has 0 amide bonds. The Kier molecular flexibility index (Phi) is 3.94. The van der Waals surface area contributed by atoms with Gasteiger partial charge in [0.15, 0.2) is 5.82 Å². The lowest BCUT2D eigenvalue weighted by Crippen LogP contribution is -2.41. The normalized spacial score (nSPS) is 18.2. The number of hydrogen-bond acceptors (Lipinski definition) is 4. The molecule has 0 N–H and O–H groups in total. The second kappa shape index (κ2) is 6.24. The van der Waals surface area contributed by atoms with Crippen LogP contribution in [0.5, 0.6) is 0 Å². The Balaban J connectivity index is 1.81. The van der Waals surface area contributed by atoms with Crippen LogP contribution in [0.15, 0.2) is 42.7 Å². The van der Waals surface area contributed by atoms with E-state index in [0.717, 1.165) is 48.5 Å². The standard InChI is InChI=1S/C19H22N4O/c1-3-15-4-6-16(7-5-15)23-18-12-20-9-8-17(18)19(21-23)22-10-11-24-14(2)13-22/h4-9,12,14H,3,10-11,13H2,1-2H3. The van der Waals surface area contributed by atoms with Gasteiger partial charge in [0.1, 0.15) is 0 Å². The first-order chi connectivity index (χ1) is 11.8. The lowest BCUT2D eigenvalue weighted by Gasteiger charge is -2.31. The van der Waals surface area contributed by atoms with Crippen molar-refractivity contribution < 1.29 is 4.74 Å². The number of anilines is 1. The predicted octanol–water partition coefficient (Wildman–Crippen LogP) is 3.21. The van der Waals surface area contributed by atoms with E-state index in [1.54, 1.807) is 0 Å². The number of aryl methyl sites for hydroxylation is 1. The van der Waals surface area contributed by atoms with E-state index in [1.165, 1.54) is 5.56 Å². The summed E-state index contributed by atoms with van der Waals surface area (Å²) in [4.78, 5) is 6.62. The number of pyridine rings is 1. The molecule has 0 bridgehead atoms. The summed E-state index contributed by atoms with van der Waals surface area (Å²) in [5.74, 6) is 1.02. The number of ether oxygens (including phenoxy) is 1. The quantitative estimate of drug-likeness (QED) is 0.743. The highest BCUT2D eigenvalue weighted by Crippen LogP contribution is 2.29. The largest absolute Gasteiger partial charge is 0.375 e. The van der Waals surface area contributed by atoms with Gasteiger partial charge < -0.3 is 9.64 Å². The molecule has 0 saturated carbocycles. The van der Waals surface area contributed by atoms with Crippen molar-refractivity contribution in [2.45, 2.75) is 26.4 Å². The minimum absolute atomic E-state index is 0.227. The van der Waals surface area contributed by atoms with Gasteiger partial charge in [0.2, 0.25) is 0 Å². The highest BCUT2D eigenvalue weighted by atomic mass is 16.5. The summed E-state index contributed by atoms with van der Waals surface area (Å²) in [6.45, 7) is 6.75. The molecule has 1 fully saturated rings. The first-order valence-corrected chi connectivity index (χ1v) is 8.55. The minimum atomic E-state index is 0.227. The zero-order chi connectivity index (χ0) is 16.5. The Bertz CT molecular complexity index is 840. The van der Waals surface area contributed by atoms with Gasteiger partial charge >= 0.3 is 0 Å². The molecule has 0 radical (unpaired) electrons. The van der Waals surface area contributed by atoms with Crippen LogP contribution in [0, 0.1) is 0 Å². The van der Waals surface area contributed by atoms with Crippen LogP contribution in [0.3, 0.4) is 0 Å². The molecule has 3 aromatic rings. The van der Waals surface area contributed by atoms with E-state index >= 15 is 0 Å². The fourth-order valence-corrected chi connectivity index (χ4v) is 3.26. The Morgan fingerprint density at radius 3 is 2.79 bits per heavy atom. The van der Waals surface area contributed by atoms with Crippen molar-refractivity contribution in [1.29, 1.82) is 0 Å². The van der Waals surface area contributed by atoms with Crippen LogP contribution in [-0.2, 0) is 11.2 Å². The number of benzene rings is 1. The third-order valence-electron chi connectivity index (χ3n) is 4.59. The topological polar surface area (TPSA) is 43.2 Å². The second-order valence-electron chi connectivity index (χ2n) is 6.28. The summed E-state index contributed by atoms with van der Waals surface area (Å²) < 4.78 is 7.67. The van der Waals surface area contributed by atoms with E-state index in [0.29, 0.717) is 0 Å². The molecule has 1 saturated heterocycles. The molecule has 1 aliphatic rings. The molecular formula is C19H22N4O. The van der Waals surface area contributed by atoms with Gasteiger partial charge in [0, 0.05) is 24.7 Å². The maximum atomic E-state index is 5.67. The summed E-state index contributed by atoms with van der Waals surface area (Å²) in [6, 6.07) is 10.6. The van der Waals surface area contributed by atoms with E-state index in [1.807, 2.05) is 17.1 Å². The zero-order valence-corrected chi connectivity index (χ0v) is 14.1. The molecule has 5 heteroatoms. The maximum absolute atomic E-state index is 5.67. The monoisotopic (exact) mass is 322 g/mol. The number of fused-ring (bicyclic) bond motifs is 1. The molecule has 24 heavy (non-hydrogen) atoms. The number of aromatic nitrogens is 3. The van der Waals surface area contributed by atoms with Gasteiger partial charge in [0.05, 0.1) is 30.1 Å². The van der Waals surface area contributed by atoms with Crippen LogP contribution in [0.2, 0.25) is 0 Å². The van der Waals surface area contributed by atoms with E-state index in [2.05, 4.69) is 54.1 Å². The van der Waals surface area contributed by atoms with E-state index in [9.17, 15) is 0 Å². The third-order valence-corrected chi connectivity index (χ3v) is 4.59. The SMILES string of the molecule is CCc1ccc(-n2nc(N3CCOC(C)C3)c3ccncc32)cc1. The number of nitrogens with zero attached hydrogens (tertiary/aromatic N) is 4. The van der Waals surface area contributed by atoms with Crippen molar-refractivity contribution in [3.05, 3.63) is 48.3 Å². The summed E-state index contributed by atoms with van der Waals surface area (Å²) in [7, 11) is 0. The highest BCUT2D eigenvalue weighted by Gasteiger charge is 2.22. The van der Waals surface area contributed by atoms with Crippen LogP contribution in [0.25, 0.3) is 16.6 Å². The number of hydrogen-bond donors (Lipinski definition) is 0. The van der Waals surface area contributed by atoms with E-state index in [-0.39, 0.29) is 6.10 Å². The lowest BCUT2D eigenvalue weighted by molar-refractivity contribution is 0.0530. The van der Waals surface area contributed by atoms with Crippen molar-refractivity contribution in [2.24, 2.45) is 0 Å². The molecule has 1 atom stereocenters. The zero-order valence-electron chi connectivity index (χ0n) is 14.1. The van der Waals surface area contributed by atoms with Crippen LogP contribution < -0.4 is 4.90 Å². The number of morpholine rings is 1. The van der Waals surface area contributed by atoms with Gasteiger partial charge in [0.25, 0.3) is 0 Å². The fraction of sp³-hybridized carbons (Fsp3) is 0.368. The smallest absolute Gasteiger partial charge is 0.159 e. The minimum Gasteiger partial charge on any atom is -0.375 e. The van der Waals surface area contributed by atoms with Gasteiger partial charge in [-0.2, -0.15) is 0 Å². The summed E-state index contributed by atoms with van der Waals surface area (Å²) in [6.07, 6.45) is 4.99. The Morgan fingerprint density at radius 1 is 1.21 bits per heavy atom. The molecule has 1 aromatic carbocycles. The third kappa shape index (κ3) is 2.65. The van der Waals surface area contributed by atoms with Gasteiger partial charge in [-0.3, -0.25) is 4.98 Å². The Morgan fingerprint density at radius 2 is 2.04 bits per heavy atom. The molecule has 2 aromatic heterocycles. The number of rotatable bonds is 3. The van der Waals surface area contributed by atoms with Gasteiger partial charge in [-0.1, -0.05) is 19.1 Å². The Labute approximate surface area is 141 Å². The van der Waals surface area contributed by atoms with Crippen LogP contribution in [0.1, 0.15) is 19.4 Å². The van der Waals surface area contributed by atoms with Crippen molar-refractivity contribution >= 4 is 16.7 Å². The van der Waals surface area contributed by atoms with E-state index in [4.69, 9.17) is 9.84 Å². The van der Waals surface area contributed by atoms with Crippen molar-refractivity contribution in [1.82, 2.24) is 14.8 Å². The maximum Gasteiger partial charge on any atom is 0.159 e. The molecule has 5 nitrogen and oxygen atoms in total. The van der Waals surface area contributed by atoms with Crippen molar-refractivity contribution in [3.8, 4) is 5.69 Å². The molecule has 124 valence electrons. The van der Waals surface area contributed by atoms with Gasteiger partial charge in [-0.15, -0.1) is 5.10 Å². The molecular weight excluding hydrogens is 300 g/mol. The Hall–Kier alpha value is -2.40. The summed E-state index contributed by atoms with van der Waals surface area (Å²) in [5.41, 5.74) is 3.43. The fourth-order valence-electron chi connectivity index (χ4n) is 3.26.